The molecule has 1 aromatic heterocycles. The Bertz CT molecular complexity index is 1040. The highest BCUT2D eigenvalue weighted by molar-refractivity contribution is 5.79. The van der Waals surface area contributed by atoms with Gasteiger partial charge in [0.25, 0.3) is 0 Å². The second kappa shape index (κ2) is 9.07. The van der Waals surface area contributed by atoms with E-state index in [1.54, 1.807) is 0 Å². The molecule has 0 saturated carbocycles. The third-order valence-electron chi connectivity index (χ3n) is 5.41. The number of carbonyl (C=O) groups is 2. The van der Waals surface area contributed by atoms with Gasteiger partial charge in [-0.15, -0.1) is 0 Å². The van der Waals surface area contributed by atoms with E-state index in [0.29, 0.717) is 11.8 Å². The van der Waals surface area contributed by atoms with Crippen molar-refractivity contribution in [3.63, 3.8) is 0 Å². The molecule has 0 radical (unpaired) electrons. The van der Waals surface area contributed by atoms with Gasteiger partial charge in [-0.1, -0.05) is 48.5 Å². The molecule has 2 unspecified atom stereocenters. The molecule has 3 aromatic rings. The Hall–Kier alpha value is -3.55. The van der Waals surface area contributed by atoms with Gasteiger partial charge in [0.05, 0.1) is 5.69 Å². The summed E-state index contributed by atoms with van der Waals surface area (Å²) in [6.45, 7) is -0.0534. The fourth-order valence-electron chi connectivity index (χ4n) is 3.81. The van der Waals surface area contributed by atoms with Gasteiger partial charge in [-0.3, -0.25) is 9.78 Å². The first-order valence-corrected chi connectivity index (χ1v) is 9.94. The molecule has 1 heterocycles. The molecule has 7 nitrogen and oxygen atoms in total. The number of aliphatic hydroxyl groups is 2. The number of nitrogens with one attached hydrogen (secondary N) is 1. The van der Waals surface area contributed by atoms with Gasteiger partial charge in [-0.25, -0.2) is 4.79 Å². The number of hydrogen-bond donors (Lipinski definition) is 3. The predicted molar refractivity (Wildman–Crippen MR) is 114 cm³/mol. The summed E-state index contributed by atoms with van der Waals surface area (Å²) in [6.07, 6.45) is -1.34. The lowest BCUT2D eigenvalue weighted by atomic mass is 9.98. The number of rotatable bonds is 7. The minimum atomic E-state index is -1.31. The molecule has 3 N–H and O–H groups in total. The highest BCUT2D eigenvalue weighted by Gasteiger charge is 2.29. The maximum atomic E-state index is 12.2. The summed E-state index contributed by atoms with van der Waals surface area (Å²) in [6, 6.07) is 19.0. The standard InChI is InChI=1S/C24H22N2O5/c27-13-15-9-10-21(25-11-15)23(29)22(28)12-26-24(30)31-14-20-18-7-3-1-5-16(18)17-6-2-4-8-19(17)20/h1-11,13,20,22-23,28-29H,12,14H2,(H,26,30). The molecule has 2 atom stereocenters. The van der Waals surface area contributed by atoms with E-state index in [9.17, 15) is 19.8 Å². The largest absolute Gasteiger partial charge is 0.449 e. The molecule has 0 spiro atoms. The summed E-state index contributed by atoms with van der Waals surface area (Å²) in [4.78, 5) is 26.8. The number of ether oxygens (including phenoxy) is 1. The van der Waals surface area contributed by atoms with Crippen molar-refractivity contribution in [2.45, 2.75) is 18.1 Å². The first kappa shape index (κ1) is 20.7. The van der Waals surface area contributed by atoms with Crippen molar-refractivity contribution >= 4 is 12.4 Å². The van der Waals surface area contributed by atoms with Crippen LogP contribution in [0.5, 0.6) is 0 Å². The number of aldehydes is 1. The van der Waals surface area contributed by atoms with E-state index < -0.39 is 18.3 Å². The lowest BCUT2D eigenvalue weighted by Crippen LogP contribution is -2.36. The number of aromatic nitrogens is 1. The van der Waals surface area contributed by atoms with Gasteiger partial charge in [0.1, 0.15) is 18.8 Å². The second-order valence-corrected chi connectivity index (χ2v) is 7.35. The molecule has 0 aliphatic heterocycles. The van der Waals surface area contributed by atoms with E-state index >= 15 is 0 Å². The molecule has 1 aliphatic rings. The number of benzene rings is 2. The first-order valence-electron chi connectivity index (χ1n) is 9.94. The number of pyridine rings is 1. The molecular formula is C24H22N2O5. The molecule has 0 saturated heterocycles. The van der Waals surface area contributed by atoms with Crippen LogP contribution in [-0.4, -0.2) is 46.8 Å². The molecule has 7 heteroatoms. The van der Waals surface area contributed by atoms with Crippen LogP contribution in [0.2, 0.25) is 0 Å². The van der Waals surface area contributed by atoms with Gasteiger partial charge in [0.2, 0.25) is 0 Å². The van der Waals surface area contributed by atoms with Gasteiger partial charge >= 0.3 is 6.09 Å². The van der Waals surface area contributed by atoms with Gasteiger partial charge in [-0.05, 0) is 34.4 Å². The predicted octanol–water partition coefficient (Wildman–Crippen LogP) is 2.83. The van der Waals surface area contributed by atoms with Crippen molar-refractivity contribution in [2.24, 2.45) is 0 Å². The number of carbonyl (C=O) groups excluding carboxylic acids is 2. The Morgan fingerprint density at radius 3 is 2.26 bits per heavy atom. The second-order valence-electron chi connectivity index (χ2n) is 7.35. The molecule has 2 aromatic carbocycles. The fourth-order valence-corrected chi connectivity index (χ4v) is 3.81. The van der Waals surface area contributed by atoms with E-state index in [1.807, 2.05) is 36.4 Å². The molecule has 1 amide bonds. The van der Waals surface area contributed by atoms with E-state index in [1.165, 1.54) is 18.3 Å². The number of alkyl carbamates (subject to hydrolysis) is 1. The zero-order chi connectivity index (χ0) is 21.8. The summed E-state index contributed by atoms with van der Waals surface area (Å²) < 4.78 is 5.41. The third kappa shape index (κ3) is 4.33. The molecule has 4 rings (SSSR count). The number of nitrogens with zero attached hydrogens (tertiary/aromatic N) is 1. The maximum Gasteiger partial charge on any atom is 0.407 e. The highest BCUT2D eigenvalue weighted by atomic mass is 16.5. The average Bonchev–Trinajstić information content (AvgIpc) is 3.14. The Labute approximate surface area is 179 Å². The normalized spacial score (nSPS) is 14.3. The van der Waals surface area contributed by atoms with Crippen LogP contribution in [0.25, 0.3) is 11.1 Å². The first-order chi connectivity index (χ1) is 15.1. The van der Waals surface area contributed by atoms with Crippen molar-refractivity contribution in [2.75, 3.05) is 13.2 Å². The quantitative estimate of drug-likeness (QED) is 0.509. The third-order valence-corrected chi connectivity index (χ3v) is 5.41. The number of fused-ring (bicyclic) bond motifs is 3. The fraction of sp³-hybridized carbons (Fsp3) is 0.208. The molecule has 1 aliphatic carbocycles. The zero-order valence-corrected chi connectivity index (χ0v) is 16.6. The highest BCUT2D eigenvalue weighted by Crippen LogP contribution is 2.44. The molecule has 0 bridgehead atoms. The van der Waals surface area contributed by atoms with Crippen LogP contribution in [0.15, 0.2) is 66.9 Å². The Morgan fingerprint density at radius 2 is 1.68 bits per heavy atom. The minimum Gasteiger partial charge on any atom is -0.449 e. The summed E-state index contributed by atoms with van der Waals surface area (Å²) >= 11 is 0. The molecule has 31 heavy (non-hydrogen) atoms. The number of aliphatic hydroxyl groups excluding tert-OH is 2. The molecular weight excluding hydrogens is 396 g/mol. The van der Waals surface area contributed by atoms with Gasteiger partial charge in [-0.2, -0.15) is 0 Å². The zero-order valence-electron chi connectivity index (χ0n) is 16.6. The number of amides is 1. The topological polar surface area (TPSA) is 109 Å². The van der Waals surface area contributed by atoms with Crippen molar-refractivity contribution in [3.05, 3.63) is 89.2 Å². The molecule has 0 fully saturated rings. The van der Waals surface area contributed by atoms with Crippen molar-refractivity contribution in [1.29, 1.82) is 0 Å². The SMILES string of the molecule is O=Cc1ccc(C(O)C(O)CNC(=O)OCC2c3ccccc3-c3ccccc32)nc1. The van der Waals surface area contributed by atoms with Gasteiger partial charge < -0.3 is 20.3 Å². The van der Waals surface area contributed by atoms with E-state index in [2.05, 4.69) is 22.4 Å². The smallest absolute Gasteiger partial charge is 0.407 e. The van der Waals surface area contributed by atoms with Crippen LogP contribution in [-0.2, 0) is 4.74 Å². The lowest BCUT2D eigenvalue weighted by Gasteiger charge is -2.19. The Balaban J connectivity index is 1.33. The van der Waals surface area contributed by atoms with Crippen molar-refractivity contribution in [1.82, 2.24) is 10.3 Å². The van der Waals surface area contributed by atoms with E-state index in [-0.39, 0.29) is 24.8 Å². The number of hydrogen-bond acceptors (Lipinski definition) is 6. The molecule has 158 valence electrons. The monoisotopic (exact) mass is 418 g/mol. The van der Waals surface area contributed by atoms with Gasteiger partial charge in [0.15, 0.2) is 6.29 Å². The average molecular weight is 418 g/mol. The van der Waals surface area contributed by atoms with Crippen LogP contribution >= 0.6 is 0 Å². The maximum absolute atomic E-state index is 12.2. The van der Waals surface area contributed by atoms with Crippen LogP contribution in [0.4, 0.5) is 4.79 Å². The minimum absolute atomic E-state index is 0.0609. The van der Waals surface area contributed by atoms with Crippen molar-refractivity contribution < 1.29 is 24.5 Å². The van der Waals surface area contributed by atoms with Crippen LogP contribution < -0.4 is 5.32 Å². The van der Waals surface area contributed by atoms with E-state index in [0.717, 1.165) is 22.3 Å². The summed E-state index contributed by atoms with van der Waals surface area (Å²) in [5, 5.41) is 22.8. The Kier molecular flexibility index (Phi) is 6.06. The summed E-state index contributed by atoms with van der Waals surface area (Å²) in [5.41, 5.74) is 5.06. The van der Waals surface area contributed by atoms with Crippen LogP contribution in [0, 0.1) is 0 Å². The lowest BCUT2D eigenvalue weighted by molar-refractivity contribution is 0.0160. The van der Waals surface area contributed by atoms with Crippen molar-refractivity contribution in [3.8, 4) is 11.1 Å². The summed E-state index contributed by atoms with van der Waals surface area (Å²) in [7, 11) is 0. The van der Waals surface area contributed by atoms with Crippen LogP contribution in [0.3, 0.4) is 0 Å². The van der Waals surface area contributed by atoms with Crippen LogP contribution in [0.1, 0.15) is 39.2 Å². The summed E-state index contributed by atoms with van der Waals surface area (Å²) in [5.74, 6) is -0.0609. The van der Waals surface area contributed by atoms with Gasteiger partial charge in [0, 0.05) is 24.2 Å². The van der Waals surface area contributed by atoms with E-state index in [4.69, 9.17) is 4.74 Å². The Morgan fingerprint density at radius 1 is 1.03 bits per heavy atom.